The quantitative estimate of drug-likeness (QED) is 0.361. The second kappa shape index (κ2) is 7.80. The summed E-state index contributed by atoms with van der Waals surface area (Å²) in [7, 11) is 0. The normalized spacial score (nSPS) is 11.5. The highest BCUT2D eigenvalue weighted by atomic mass is 16.5. The van der Waals surface area contributed by atoms with E-state index in [0.29, 0.717) is 25.4 Å². The SMILES string of the molecule is CCOCCC=C(C)C(=O)OCC. The van der Waals surface area contributed by atoms with Gasteiger partial charge in [-0.1, -0.05) is 6.08 Å². The fourth-order valence-corrected chi connectivity index (χ4v) is 0.831. The molecular weight excluding hydrogens is 168 g/mol. The minimum absolute atomic E-state index is 0.237. The minimum atomic E-state index is -0.237. The van der Waals surface area contributed by atoms with Crippen molar-refractivity contribution in [2.24, 2.45) is 0 Å². The second-order valence-electron chi connectivity index (χ2n) is 2.59. The summed E-state index contributed by atoms with van der Waals surface area (Å²) in [6.07, 6.45) is 2.60. The highest BCUT2D eigenvalue weighted by Crippen LogP contribution is 1.98. The van der Waals surface area contributed by atoms with Gasteiger partial charge in [-0.25, -0.2) is 4.79 Å². The maximum Gasteiger partial charge on any atom is 0.333 e. The van der Waals surface area contributed by atoms with E-state index in [2.05, 4.69) is 0 Å². The van der Waals surface area contributed by atoms with Crippen molar-refractivity contribution in [3.8, 4) is 0 Å². The summed E-state index contributed by atoms with van der Waals surface area (Å²) < 4.78 is 9.94. The summed E-state index contributed by atoms with van der Waals surface area (Å²) in [5.74, 6) is -0.237. The number of esters is 1. The number of rotatable bonds is 6. The van der Waals surface area contributed by atoms with E-state index in [1.54, 1.807) is 13.8 Å². The van der Waals surface area contributed by atoms with Crippen molar-refractivity contribution in [3.63, 3.8) is 0 Å². The van der Waals surface area contributed by atoms with Crippen LogP contribution in [-0.4, -0.2) is 25.8 Å². The fraction of sp³-hybridized carbons (Fsp3) is 0.700. The standard InChI is InChI=1S/C10H18O3/c1-4-12-8-6-7-9(3)10(11)13-5-2/h7H,4-6,8H2,1-3H3. The highest BCUT2D eigenvalue weighted by molar-refractivity contribution is 5.87. The molecule has 3 heteroatoms. The van der Waals surface area contributed by atoms with Gasteiger partial charge in [0.05, 0.1) is 13.2 Å². The van der Waals surface area contributed by atoms with Crippen LogP contribution < -0.4 is 0 Å². The van der Waals surface area contributed by atoms with Gasteiger partial charge < -0.3 is 9.47 Å². The van der Waals surface area contributed by atoms with Crippen LogP contribution in [0.1, 0.15) is 27.2 Å². The van der Waals surface area contributed by atoms with E-state index < -0.39 is 0 Å². The van der Waals surface area contributed by atoms with Crippen LogP contribution in [-0.2, 0) is 14.3 Å². The maximum absolute atomic E-state index is 11.1. The van der Waals surface area contributed by atoms with Gasteiger partial charge in [0, 0.05) is 12.2 Å². The van der Waals surface area contributed by atoms with E-state index >= 15 is 0 Å². The molecule has 13 heavy (non-hydrogen) atoms. The van der Waals surface area contributed by atoms with Gasteiger partial charge in [0.2, 0.25) is 0 Å². The number of hydrogen-bond acceptors (Lipinski definition) is 3. The summed E-state index contributed by atoms with van der Waals surface area (Å²) in [4.78, 5) is 11.1. The molecule has 0 rings (SSSR count). The third-order valence-electron chi connectivity index (χ3n) is 1.51. The van der Waals surface area contributed by atoms with Gasteiger partial charge >= 0.3 is 5.97 Å². The van der Waals surface area contributed by atoms with Crippen molar-refractivity contribution < 1.29 is 14.3 Å². The van der Waals surface area contributed by atoms with E-state index in [4.69, 9.17) is 9.47 Å². The largest absolute Gasteiger partial charge is 0.463 e. The Bertz CT molecular complexity index is 173. The minimum Gasteiger partial charge on any atom is -0.463 e. The fourth-order valence-electron chi connectivity index (χ4n) is 0.831. The summed E-state index contributed by atoms with van der Waals surface area (Å²) >= 11 is 0. The zero-order valence-electron chi connectivity index (χ0n) is 8.63. The molecule has 0 aliphatic heterocycles. The second-order valence-corrected chi connectivity index (χ2v) is 2.59. The molecule has 0 atom stereocenters. The molecule has 76 valence electrons. The first kappa shape index (κ1) is 12.2. The van der Waals surface area contributed by atoms with Gasteiger partial charge in [-0.2, -0.15) is 0 Å². The van der Waals surface area contributed by atoms with Crippen molar-refractivity contribution in [1.29, 1.82) is 0 Å². The molecule has 0 aliphatic carbocycles. The summed E-state index contributed by atoms with van der Waals surface area (Å²) in [6, 6.07) is 0. The number of hydrogen-bond donors (Lipinski definition) is 0. The lowest BCUT2D eigenvalue weighted by Gasteiger charge is -2.01. The van der Waals surface area contributed by atoms with Crippen molar-refractivity contribution in [2.45, 2.75) is 27.2 Å². The molecule has 0 fully saturated rings. The van der Waals surface area contributed by atoms with E-state index in [0.717, 1.165) is 6.42 Å². The average molecular weight is 186 g/mol. The summed E-state index contributed by atoms with van der Waals surface area (Å²) in [5, 5.41) is 0. The molecule has 0 aromatic rings. The van der Waals surface area contributed by atoms with Gasteiger partial charge in [0.25, 0.3) is 0 Å². The van der Waals surface area contributed by atoms with Crippen LogP contribution >= 0.6 is 0 Å². The summed E-state index contributed by atoms with van der Waals surface area (Å²) in [5.41, 5.74) is 0.654. The van der Waals surface area contributed by atoms with E-state index in [1.165, 1.54) is 0 Å². The van der Waals surface area contributed by atoms with Crippen molar-refractivity contribution in [2.75, 3.05) is 19.8 Å². The van der Waals surface area contributed by atoms with E-state index in [-0.39, 0.29) is 5.97 Å². The molecule has 3 nitrogen and oxygen atoms in total. The summed E-state index contributed by atoms with van der Waals surface area (Å²) in [6.45, 7) is 7.30. The lowest BCUT2D eigenvalue weighted by atomic mass is 10.2. The van der Waals surface area contributed by atoms with Crippen molar-refractivity contribution in [1.82, 2.24) is 0 Å². The Balaban J connectivity index is 3.67. The Hall–Kier alpha value is -0.830. The van der Waals surface area contributed by atoms with Crippen LogP contribution in [0.15, 0.2) is 11.6 Å². The van der Waals surface area contributed by atoms with Crippen molar-refractivity contribution >= 4 is 5.97 Å². The van der Waals surface area contributed by atoms with Crippen LogP contribution in [0.2, 0.25) is 0 Å². The topological polar surface area (TPSA) is 35.5 Å². The lowest BCUT2D eigenvalue weighted by Crippen LogP contribution is -2.05. The smallest absolute Gasteiger partial charge is 0.333 e. The Morgan fingerprint density at radius 1 is 1.31 bits per heavy atom. The van der Waals surface area contributed by atoms with E-state index in [1.807, 2.05) is 13.0 Å². The van der Waals surface area contributed by atoms with Crippen LogP contribution in [0.4, 0.5) is 0 Å². The maximum atomic E-state index is 11.1. The molecular formula is C10H18O3. The van der Waals surface area contributed by atoms with Gasteiger partial charge in [0.15, 0.2) is 0 Å². The molecule has 0 aromatic carbocycles. The predicted octanol–water partition coefficient (Wildman–Crippen LogP) is 1.92. The predicted molar refractivity (Wildman–Crippen MR) is 51.5 cm³/mol. The van der Waals surface area contributed by atoms with E-state index in [9.17, 15) is 4.79 Å². The molecule has 0 N–H and O–H groups in total. The molecule has 0 saturated heterocycles. The van der Waals surface area contributed by atoms with Crippen molar-refractivity contribution in [3.05, 3.63) is 11.6 Å². The number of carbonyl (C=O) groups is 1. The number of ether oxygens (including phenoxy) is 2. The Morgan fingerprint density at radius 3 is 2.54 bits per heavy atom. The van der Waals surface area contributed by atoms with Gasteiger partial charge in [-0.3, -0.25) is 0 Å². The van der Waals surface area contributed by atoms with Crippen LogP contribution in [0, 0.1) is 0 Å². The van der Waals surface area contributed by atoms with Gasteiger partial charge in [-0.15, -0.1) is 0 Å². The number of carbonyl (C=O) groups excluding carboxylic acids is 1. The first-order valence-electron chi connectivity index (χ1n) is 4.64. The average Bonchev–Trinajstić information content (AvgIpc) is 2.12. The first-order chi connectivity index (χ1) is 6.22. The van der Waals surface area contributed by atoms with Crippen LogP contribution in [0.5, 0.6) is 0 Å². The van der Waals surface area contributed by atoms with Crippen LogP contribution in [0.3, 0.4) is 0 Å². The van der Waals surface area contributed by atoms with Gasteiger partial charge in [-0.05, 0) is 27.2 Å². The molecule has 0 heterocycles. The monoisotopic (exact) mass is 186 g/mol. The third kappa shape index (κ3) is 6.34. The Labute approximate surface area is 79.7 Å². The molecule has 0 aliphatic rings. The molecule has 0 unspecified atom stereocenters. The zero-order valence-corrected chi connectivity index (χ0v) is 8.63. The third-order valence-corrected chi connectivity index (χ3v) is 1.51. The molecule has 0 spiro atoms. The Morgan fingerprint density at radius 2 is 2.00 bits per heavy atom. The molecule has 0 saturated carbocycles. The molecule has 0 bridgehead atoms. The Kier molecular flexibility index (Phi) is 7.30. The lowest BCUT2D eigenvalue weighted by molar-refractivity contribution is -0.138. The molecule has 0 radical (unpaired) electrons. The van der Waals surface area contributed by atoms with Gasteiger partial charge in [0.1, 0.15) is 0 Å². The van der Waals surface area contributed by atoms with Crippen LogP contribution in [0.25, 0.3) is 0 Å². The zero-order chi connectivity index (χ0) is 10.1. The highest BCUT2D eigenvalue weighted by Gasteiger charge is 2.02. The molecule has 0 aromatic heterocycles. The molecule has 0 amide bonds. The first-order valence-corrected chi connectivity index (χ1v) is 4.64.